The fraction of sp³-hybridized carbons (Fsp3) is 0.182. The number of ether oxygens (including phenoxy) is 2. The first-order valence-electron chi connectivity index (χ1n) is 8.95. The van der Waals surface area contributed by atoms with Gasteiger partial charge in [-0.2, -0.15) is 5.10 Å². The Bertz CT molecular complexity index is 1000. The van der Waals surface area contributed by atoms with Crippen molar-refractivity contribution in [3.05, 3.63) is 70.7 Å². The molecule has 0 spiro atoms. The number of nitrogens with one attached hydrogen (secondary N) is 1. The number of nitrogens with zero attached hydrogens (tertiary/aromatic N) is 1. The predicted molar refractivity (Wildman–Crippen MR) is 115 cm³/mol. The highest BCUT2D eigenvalue weighted by molar-refractivity contribution is 9.10. The van der Waals surface area contributed by atoms with Gasteiger partial charge < -0.3 is 9.47 Å². The van der Waals surface area contributed by atoms with E-state index >= 15 is 0 Å². The van der Waals surface area contributed by atoms with Crippen molar-refractivity contribution in [1.29, 1.82) is 0 Å². The van der Waals surface area contributed by atoms with Crippen LogP contribution in [0.3, 0.4) is 0 Å². The van der Waals surface area contributed by atoms with Gasteiger partial charge in [-0.05, 0) is 76.4 Å². The van der Waals surface area contributed by atoms with Gasteiger partial charge in [-0.3, -0.25) is 4.79 Å². The lowest BCUT2D eigenvalue weighted by Crippen LogP contribution is -2.25. The molecule has 0 fully saturated rings. The van der Waals surface area contributed by atoms with E-state index in [1.54, 1.807) is 0 Å². The Morgan fingerprint density at radius 2 is 1.79 bits per heavy atom. The molecular formula is C22H21BrN2O3. The van der Waals surface area contributed by atoms with Gasteiger partial charge in [0, 0.05) is 0 Å². The maximum absolute atomic E-state index is 12.1. The lowest BCUT2D eigenvalue weighted by molar-refractivity contribution is -0.123. The summed E-state index contributed by atoms with van der Waals surface area (Å²) >= 11 is 3.55. The van der Waals surface area contributed by atoms with E-state index in [1.807, 2.05) is 74.5 Å². The SMILES string of the molecule is CCOc1ccc(/C(C)=N\NC(=O)COc2ccc3ccccc3c2Br)cc1. The summed E-state index contributed by atoms with van der Waals surface area (Å²) in [5.74, 6) is 1.09. The molecule has 3 aromatic rings. The number of benzene rings is 3. The van der Waals surface area contributed by atoms with Crippen molar-refractivity contribution in [1.82, 2.24) is 5.43 Å². The summed E-state index contributed by atoms with van der Waals surface area (Å²) in [5, 5.41) is 6.27. The first-order valence-corrected chi connectivity index (χ1v) is 9.74. The third-order valence-electron chi connectivity index (χ3n) is 4.12. The molecule has 3 rings (SSSR count). The van der Waals surface area contributed by atoms with Crippen molar-refractivity contribution in [2.24, 2.45) is 5.10 Å². The van der Waals surface area contributed by atoms with Crippen LogP contribution in [0.5, 0.6) is 11.5 Å². The summed E-state index contributed by atoms with van der Waals surface area (Å²) < 4.78 is 11.9. The summed E-state index contributed by atoms with van der Waals surface area (Å²) in [5.41, 5.74) is 4.13. The standard InChI is InChI=1S/C22H21BrN2O3/c1-3-27-18-11-8-16(9-12-18)15(2)24-25-21(26)14-28-20-13-10-17-6-4-5-7-19(17)22(20)23/h4-13H,3,14H2,1-2H3,(H,25,26)/b24-15-. The molecule has 3 aromatic carbocycles. The van der Waals surface area contributed by atoms with E-state index in [2.05, 4.69) is 26.5 Å². The maximum Gasteiger partial charge on any atom is 0.277 e. The van der Waals surface area contributed by atoms with E-state index in [9.17, 15) is 4.79 Å². The average molecular weight is 441 g/mol. The molecule has 144 valence electrons. The van der Waals surface area contributed by atoms with Gasteiger partial charge in [-0.1, -0.05) is 30.3 Å². The lowest BCUT2D eigenvalue weighted by atomic mass is 10.1. The van der Waals surface area contributed by atoms with E-state index in [1.165, 1.54) is 0 Å². The van der Waals surface area contributed by atoms with Gasteiger partial charge in [0.05, 0.1) is 16.8 Å². The average Bonchev–Trinajstić information content (AvgIpc) is 2.72. The van der Waals surface area contributed by atoms with Crippen molar-refractivity contribution in [3.63, 3.8) is 0 Å². The minimum absolute atomic E-state index is 0.128. The second-order valence-electron chi connectivity index (χ2n) is 6.08. The molecule has 0 unspecified atom stereocenters. The molecule has 0 saturated heterocycles. The van der Waals surface area contributed by atoms with Crippen molar-refractivity contribution in [2.45, 2.75) is 13.8 Å². The van der Waals surface area contributed by atoms with E-state index in [-0.39, 0.29) is 12.5 Å². The van der Waals surface area contributed by atoms with Gasteiger partial charge in [-0.15, -0.1) is 0 Å². The first-order chi connectivity index (χ1) is 13.6. The summed E-state index contributed by atoms with van der Waals surface area (Å²) in [6, 6.07) is 19.3. The van der Waals surface area contributed by atoms with Crippen LogP contribution in [0.1, 0.15) is 19.4 Å². The number of hydrazone groups is 1. The monoisotopic (exact) mass is 440 g/mol. The van der Waals surface area contributed by atoms with Crippen LogP contribution >= 0.6 is 15.9 Å². The number of carbonyl (C=O) groups is 1. The number of rotatable bonds is 7. The van der Waals surface area contributed by atoms with Crippen molar-refractivity contribution < 1.29 is 14.3 Å². The second-order valence-corrected chi connectivity index (χ2v) is 6.87. The van der Waals surface area contributed by atoms with Gasteiger partial charge in [0.15, 0.2) is 6.61 Å². The normalized spacial score (nSPS) is 11.3. The molecule has 0 aromatic heterocycles. The molecule has 0 aliphatic rings. The van der Waals surface area contributed by atoms with Gasteiger partial charge in [0.2, 0.25) is 0 Å². The van der Waals surface area contributed by atoms with E-state index in [4.69, 9.17) is 9.47 Å². The molecule has 0 bridgehead atoms. The zero-order valence-electron chi connectivity index (χ0n) is 15.7. The van der Waals surface area contributed by atoms with Crippen LogP contribution in [0.25, 0.3) is 10.8 Å². The molecule has 0 aliphatic carbocycles. The van der Waals surface area contributed by atoms with Gasteiger partial charge >= 0.3 is 0 Å². The highest BCUT2D eigenvalue weighted by Gasteiger charge is 2.08. The lowest BCUT2D eigenvalue weighted by Gasteiger charge is -2.10. The number of amides is 1. The minimum atomic E-state index is -0.328. The van der Waals surface area contributed by atoms with E-state index in [0.29, 0.717) is 18.1 Å². The van der Waals surface area contributed by atoms with Crippen LogP contribution < -0.4 is 14.9 Å². The molecule has 0 atom stereocenters. The van der Waals surface area contributed by atoms with Crippen molar-refractivity contribution in [2.75, 3.05) is 13.2 Å². The second kappa shape index (κ2) is 9.37. The van der Waals surface area contributed by atoms with E-state index < -0.39 is 0 Å². The highest BCUT2D eigenvalue weighted by Crippen LogP contribution is 2.32. The molecule has 5 nitrogen and oxygen atoms in total. The smallest absolute Gasteiger partial charge is 0.277 e. The molecule has 1 amide bonds. The van der Waals surface area contributed by atoms with Crippen molar-refractivity contribution in [3.8, 4) is 11.5 Å². The fourth-order valence-corrected chi connectivity index (χ4v) is 3.28. The van der Waals surface area contributed by atoms with Crippen LogP contribution in [-0.4, -0.2) is 24.8 Å². The third kappa shape index (κ3) is 4.89. The van der Waals surface area contributed by atoms with Crippen LogP contribution in [-0.2, 0) is 4.79 Å². The topological polar surface area (TPSA) is 59.9 Å². The zero-order valence-corrected chi connectivity index (χ0v) is 17.3. The largest absolute Gasteiger partial charge is 0.494 e. The Balaban J connectivity index is 1.58. The Morgan fingerprint density at radius 1 is 1.04 bits per heavy atom. The van der Waals surface area contributed by atoms with Crippen LogP contribution in [0.4, 0.5) is 0 Å². The highest BCUT2D eigenvalue weighted by atomic mass is 79.9. The zero-order chi connectivity index (χ0) is 19.9. The number of halogens is 1. The third-order valence-corrected chi connectivity index (χ3v) is 4.94. The molecule has 6 heteroatoms. The minimum Gasteiger partial charge on any atom is -0.494 e. The van der Waals surface area contributed by atoms with E-state index in [0.717, 1.165) is 26.6 Å². The molecular weight excluding hydrogens is 420 g/mol. The van der Waals surface area contributed by atoms with Crippen LogP contribution in [0.2, 0.25) is 0 Å². The molecule has 1 N–H and O–H groups in total. The fourth-order valence-electron chi connectivity index (χ4n) is 2.67. The number of hydrogen-bond donors (Lipinski definition) is 1. The number of carbonyl (C=O) groups excluding carboxylic acids is 1. The van der Waals surface area contributed by atoms with Crippen LogP contribution in [0, 0.1) is 0 Å². The molecule has 0 aliphatic heterocycles. The summed E-state index contributed by atoms with van der Waals surface area (Å²) in [4.78, 5) is 12.1. The quantitative estimate of drug-likeness (QED) is 0.418. The predicted octanol–water partition coefficient (Wildman–Crippen LogP) is 4.92. The van der Waals surface area contributed by atoms with Crippen LogP contribution in [0.15, 0.2) is 70.2 Å². The summed E-state index contributed by atoms with van der Waals surface area (Å²) in [6.45, 7) is 4.26. The molecule has 0 saturated carbocycles. The molecule has 0 heterocycles. The summed E-state index contributed by atoms with van der Waals surface area (Å²) in [6.07, 6.45) is 0. The Morgan fingerprint density at radius 3 is 2.54 bits per heavy atom. The summed E-state index contributed by atoms with van der Waals surface area (Å²) in [7, 11) is 0. The van der Waals surface area contributed by atoms with Crippen molar-refractivity contribution >= 4 is 38.3 Å². The molecule has 0 radical (unpaired) electrons. The Kier molecular flexibility index (Phi) is 6.66. The first kappa shape index (κ1) is 19.9. The number of fused-ring (bicyclic) bond motifs is 1. The Labute approximate surface area is 172 Å². The van der Waals surface area contributed by atoms with Gasteiger partial charge in [0.1, 0.15) is 11.5 Å². The molecule has 28 heavy (non-hydrogen) atoms. The maximum atomic E-state index is 12.1. The Hall–Kier alpha value is -2.86. The van der Waals surface area contributed by atoms with Gasteiger partial charge in [0.25, 0.3) is 5.91 Å². The number of hydrogen-bond acceptors (Lipinski definition) is 4. The van der Waals surface area contributed by atoms with Gasteiger partial charge in [-0.25, -0.2) is 5.43 Å².